The van der Waals surface area contributed by atoms with E-state index in [1.807, 2.05) is 12.1 Å². The van der Waals surface area contributed by atoms with Crippen LogP contribution in [0.3, 0.4) is 0 Å². The minimum atomic E-state index is 0.446. The highest BCUT2D eigenvalue weighted by atomic mass is 35.5. The van der Waals surface area contributed by atoms with Crippen LogP contribution in [0.15, 0.2) is 42.6 Å². The molecule has 0 radical (unpaired) electrons. The molecule has 0 aliphatic carbocycles. The molecule has 1 heterocycles. The summed E-state index contributed by atoms with van der Waals surface area (Å²) in [5, 5.41) is 4.39. The number of aryl methyl sites for hydroxylation is 1. The molecule has 0 spiro atoms. The molecule has 0 aliphatic rings. The van der Waals surface area contributed by atoms with Gasteiger partial charge in [-0.1, -0.05) is 30.7 Å². The van der Waals surface area contributed by atoms with Crippen LogP contribution >= 0.6 is 11.6 Å². The van der Waals surface area contributed by atoms with E-state index in [2.05, 4.69) is 54.2 Å². The molecular formula is C17H23ClN2. The van der Waals surface area contributed by atoms with Crippen molar-refractivity contribution < 1.29 is 0 Å². The second-order valence-corrected chi connectivity index (χ2v) is 5.74. The minimum absolute atomic E-state index is 0.446. The van der Waals surface area contributed by atoms with Crippen LogP contribution in [0, 0.1) is 0 Å². The van der Waals surface area contributed by atoms with E-state index in [1.165, 1.54) is 17.7 Å². The van der Waals surface area contributed by atoms with Crippen molar-refractivity contribution in [3.05, 3.63) is 58.9 Å². The van der Waals surface area contributed by atoms with Crippen molar-refractivity contribution in [1.29, 1.82) is 0 Å². The van der Waals surface area contributed by atoms with Gasteiger partial charge in [0.1, 0.15) is 0 Å². The van der Waals surface area contributed by atoms with E-state index in [0.29, 0.717) is 6.04 Å². The van der Waals surface area contributed by atoms with Crippen LogP contribution in [0.25, 0.3) is 0 Å². The number of benzene rings is 1. The second kappa shape index (κ2) is 7.51. The quantitative estimate of drug-likeness (QED) is 0.806. The third kappa shape index (κ3) is 4.39. The minimum Gasteiger partial charge on any atom is -0.350 e. The van der Waals surface area contributed by atoms with Crippen molar-refractivity contribution in [1.82, 2.24) is 9.88 Å². The Hall–Kier alpha value is -1.25. The van der Waals surface area contributed by atoms with Gasteiger partial charge < -0.3 is 9.88 Å². The topological polar surface area (TPSA) is 17.0 Å². The van der Waals surface area contributed by atoms with Crippen molar-refractivity contribution in [2.24, 2.45) is 0 Å². The van der Waals surface area contributed by atoms with Gasteiger partial charge in [0.05, 0.1) is 0 Å². The first-order valence-electron chi connectivity index (χ1n) is 7.31. The molecule has 108 valence electrons. The number of aromatic nitrogens is 1. The van der Waals surface area contributed by atoms with Gasteiger partial charge in [0, 0.05) is 36.0 Å². The van der Waals surface area contributed by atoms with Gasteiger partial charge >= 0.3 is 0 Å². The van der Waals surface area contributed by atoms with Crippen LogP contribution in [0.4, 0.5) is 0 Å². The zero-order valence-corrected chi connectivity index (χ0v) is 13.0. The highest BCUT2D eigenvalue weighted by Crippen LogP contribution is 2.11. The van der Waals surface area contributed by atoms with Crippen LogP contribution in [-0.4, -0.2) is 10.6 Å². The number of nitrogens with one attached hydrogen (secondary N) is 1. The highest BCUT2D eigenvalue weighted by molar-refractivity contribution is 6.30. The zero-order valence-electron chi connectivity index (χ0n) is 12.3. The molecule has 1 N–H and O–H groups in total. The lowest BCUT2D eigenvalue weighted by molar-refractivity contribution is 0.521. The van der Waals surface area contributed by atoms with E-state index in [9.17, 15) is 0 Å². The van der Waals surface area contributed by atoms with Crippen molar-refractivity contribution in [3.8, 4) is 0 Å². The van der Waals surface area contributed by atoms with Crippen molar-refractivity contribution >= 4 is 11.6 Å². The maximum absolute atomic E-state index is 5.91. The average molecular weight is 291 g/mol. The molecule has 0 bridgehead atoms. The Labute approximate surface area is 126 Å². The van der Waals surface area contributed by atoms with Crippen LogP contribution in [0.1, 0.15) is 31.5 Å². The lowest BCUT2D eigenvalue weighted by atomic mass is 10.1. The maximum Gasteiger partial charge on any atom is 0.0406 e. The smallest absolute Gasteiger partial charge is 0.0406 e. The molecule has 1 aromatic carbocycles. The summed E-state index contributed by atoms with van der Waals surface area (Å²) >= 11 is 5.91. The van der Waals surface area contributed by atoms with Gasteiger partial charge in [-0.15, -0.1) is 0 Å². The Morgan fingerprint density at radius 3 is 2.65 bits per heavy atom. The molecule has 0 saturated heterocycles. The first-order valence-corrected chi connectivity index (χ1v) is 7.68. The number of nitrogens with zero attached hydrogens (tertiary/aromatic N) is 1. The summed E-state index contributed by atoms with van der Waals surface area (Å²) in [6, 6.07) is 12.9. The molecule has 2 nitrogen and oxygen atoms in total. The van der Waals surface area contributed by atoms with E-state index < -0.39 is 0 Å². The summed E-state index contributed by atoms with van der Waals surface area (Å²) in [7, 11) is 0. The van der Waals surface area contributed by atoms with Crippen LogP contribution < -0.4 is 5.32 Å². The maximum atomic E-state index is 5.91. The molecule has 0 saturated carbocycles. The summed E-state index contributed by atoms with van der Waals surface area (Å²) in [4.78, 5) is 0. The van der Waals surface area contributed by atoms with Gasteiger partial charge in [-0.25, -0.2) is 0 Å². The van der Waals surface area contributed by atoms with E-state index in [-0.39, 0.29) is 0 Å². The lowest BCUT2D eigenvalue weighted by Crippen LogP contribution is -2.28. The molecular weight excluding hydrogens is 268 g/mol. The fourth-order valence-electron chi connectivity index (χ4n) is 2.39. The normalized spacial score (nSPS) is 12.6. The number of hydrogen-bond acceptors (Lipinski definition) is 1. The lowest BCUT2D eigenvalue weighted by Gasteiger charge is -2.15. The molecule has 2 aromatic rings. The number of hydrogen-bond donors (Lipinski definition) is 1. The predicted octanol–water partition coefficient (Wildman–Crippen LogP) is 4.27. The third-order valence-corrected chi connectivity index (χ3v) is 3.73. The van der Waals surface area contributed by atoms with Crippen molar-refractivity contribution in [3.63, 3.8) is 0 Å². The van der Waals surface area contributed by atoms with Crippen LogP contribution in [-0.2, 0) is 19.5 Å². The Balaban J connectivity index is 1.84. The Bertz CT molecular complexity index is 516. The molecule has 1 atom stereocenters. The van der Waals surface area contributed by atoms with E-state index in [1.54, 1.807) is 0 Å². The fraction of sp³-hybridized carbons (Fsp3) is 0.412. The molecule has 1 aromatic heterocycles. The van der Waals surface area contributed by atoms with Gasteiger partial charge in [0.25, 0.3) is 0 Å². The molecule has 20 heavy (non-hydrogen) atoms. The summed E-state index contributed by atoms with van der Waals surface area (Å²) in [6.07, 6.45) is 4.35. The summed E-state index contributed by atoms with van der Waals surface area (Å²) in [5.41, 5.74) is 2.67. The Morgan fingerprint density at radius 1 is 1.20 bits per heavy atom. The molecule has 1 unspecified atom stereocenters. The Kier molecular flexibility index (Phi) is 5.69. The number of rotatable bonds is 7. The largest absolute Gasteiger partial charge is 0.350 e. The molecule has 0 aliphatic heterocycles. The van der Waals surface area contributed by atoms with Crippen LogP contribution in [0.5, 0.6) is 0 Å². The molecule has 3 heteroatoms. The number of halogens is 1. The van der Waals surface area contributed by atoms with E-state index >= 15 is 0 Å². The second-order valence-electron chi connectivity index (χ2n) is 5.31. The van der Waals surface area contributed by atoms with Gasteiger partial charge in [0.15, 0.2) is 0 Å². The molecule has 0 fully saturated rings. The zero-order chi connectivity index (χ0) is 14.4. The Morgan fingerprint density at radius 2 is 1.95 bits per heavy atom. The fourth-order valence-corrected chi connectivity index (χ4v) is 2.52. The first kappa shape index (κ1) is 15.1. The highest BCUT2D eigenvalue weighted by Gasteiger charge is 2.05. The molecule has 2 rings (SSSR count). The average Bonchev–Trinajstić information content (AvgIpc) is 2.87. The van der Waals surface area contributed by atoms with Gasteiger partial charge in [0.2, 0.25) is 0 Å². The van der Waals surface area contributed by atoms with E-state index in [0.717, 1.165) is 24.5 Å². The van der Waals surface area contributed by atoms with Gasteiger partial charge in [-0.3, -0.25) is 0 Å². The molecule has 0 amide bonds. The standard InChI is InChI=1S/C17H23ClN2/c1-3-10-20-11-4-5-17(20)13-19-14(2)12-15-6-8-16(18)9-7-15/h4-9,11,14,19H,3,10,12-13H2,1-2H3. The van der Waals surface area contributed by atoms with Crippen LogP contribution in [0.2, 0.25) is 5.02 Å². The third-order valence-electron chi connectivity index (χ3n) is 3.47. The summed E-state index contributed by atoms with van der Waals surface area (Å²) in [5.74, 6) is 0. The summed E-state index contributed by atoms with van der Waals surface area (Å²) in [6.45, 7) is 6.44. The van der Waals surface area contributed by atoms with Crippen molar-refractivity contribution in [2.45, 2.75) is 45.8 Å². The summed E-state index contributed by atoms with van der Waals surface area (Å²) < 4.78 is 2.32. The van der Waals surface area contributed by atoms with Gasteiger partial charge in [-0.2, -0.15) is 0 Å². The predicted molar refractivity (Wildman–Crippen MR) is 86.2 cm³/mol. The first-order chi connectivity index (χ1) is 9.69. The SMILES string of the molecule is CCCn1cccc1CNC(C)Cc1ccc(Cl)cc1. The van der Waals surface area contributed by atoms with E-state index in [4.69, 9.17) is 11.6 Å². The van der Waals surface area contributed by atoms with Gasteiger partial charge in [-0.05, 0) is 49.6 Å². The monoisotopic (exact) mass is 290 g/mol. The van der Waals surface area contributed by atoms with Crippen molar-refractivity contribution in [2.75, 3.05) is 0 Å².